The van der Waals surface area contributed by atoms with Gasteiger partial charge in [0.1, 0.15) is 5.82 Å². The van der Waals surface area contributed by atoms with Gasteiger partial charge in [0.25, 0.3) is 0 Å². The molecule has 2 nitrogen and oxygen atoms in total. The molecule has 1 aromatic rings. The molecule has 0 saturated heterocycles. The minimum atomic E-state index is 0.377. The smallest absolute Gasteiger partial charge is 0.147 e. The molecule has 0 spiro atoms. The Morgan fingerprint density at radius 3 is 2.57 bits per heavy atom. The normalized spacial score (nSPS) is 10.7. The molecule has 0 unspecified atom stereocenters. The predicted octanol–water partition coefficient (Wildman–Crippen LogP) is 3.32. The van der Waals surface area contributed by atoms with Crippen LogP contribution in [0.5, 0.6) is 0 Å². The molecule has 1 rings (SSSR count). The maximum atomic E-state index is 6.08. The number of anilines is 1. The van der Waals surface area contributed by atoms with Crippen molar-refractivity contribution >= 4 is 29.0 Å². The first-order valence-electron chi connectivity index (χ1n) is 4.49. The molecule has 0 aliphatic carbocycles. The Labute approximate surface area is 94.8 Å². The number of pyridine rings is 1. The minimum Gasteiger partial charge on any atom is -0.356 e. The SMILES string of the molecule is CC(C)N(C)c1ncc(CCl)cc1Cl. The molecule has 0 bridgehead atoms. The maximum Gasteiger partial charge on any atom is 0.147 e. The standard InChI is InChI=1S/C10H14Cl2N2/c1-7(2)14(3)10-9(12)4-8(5-11)6-13-10/h4,6-7H,5H2,1-3H3. The van der Waals surface area contributed by atoms with Crippen molar-refractivity contribution in [2.75, 3.05) is 11.9 Å². The van der Waals surface area contributed by atoms with Crippen LogP contribution < -0.4 is 4.90 Å². The summed E-state index contributed by atoms with van der Waals surface area (Å²) in [4.78, 5) is 6.31. The van der Waals surface area contributed by atoms with Crippen molar-refractivity contribution < 1.29 is 0 Å². The van der Waals surface area contributed by atoms with Crippen LogP contribution in [0.15, 0.2) is 12.3 Å². The van der Waals surface area contributed by atoms with Crippen LogP contribution in [0.4, 0.5) is 5.82 Å². The number of halogens is 2. The number of aromatic nitrogens is 1. The minimum absolute atomic E-state index is 0.377. The summed E-state index contributed by atoms with van der Waals surface area (Å²) in [6.07, 6.45) is 1.76. The third-order valence-corrected chi connectivity index (χ3v) is 2.73. The lowest BCUT2D eigenvalue weighted by Gasteiger charge is -2.23. The van der Waals surface area contributed by atoms with E-state index in [2.05, 4.69) is 18.8 Å². The van der Waals surface area contributed by atoms with Gasteiger partial charge in [-0.15, -0.1) is 11.6 Å². The molecule has 4 heteroatoms. The van der Waals surface area contributed by atoms with Crippen LogP contribution in [-0.2, 0) is 5.88 Å². The molecule has 0 aliphatic rings. The summed E-state index contributed by atoms with van der Waals surface area (Å²) in [5.41, 5.74) is 0.942. The predicted molar refractivity (Wildman–Crippen MR) is 62.3 cm³/mol. The number of hydrogen-bond donors (Lipinski definition) is 0. The zero-order chi connectivity index (χ0) is 10.7. The summed E-state index contributed by atoms with van der Waals surface area (Å²) in [7, 11) is 1.97. The van der Waals surface area contributed by atoms with Gasteiger partial charge in [-0.05, 0) is 25.5 Å². The molecule has 0 atom stereocenters. The molecule has 1 heterocycles. The van der Waals surface area contributed by atoms with Crippen LogP contribution in [-0.4, -0.2) is 18.1 Å². The van der Waals surface area contributed by atoms with E-state index in [4.69, 9.17) is 23.2 Å². The van der Waals surface area contributed by atoms with Crippen molar-refractivity contribution in [1.82, 2.24) is 4.98 Å². The van der Waals surface area contributed by atoms with E-state index in [9.17, 15) is 0 Å². The molecule has 0 fully saturated rings. The van der Waals surface area contributed by atoms with Crippen LogP contribution in [0.3, 0.4) is 0 Å². The van der Waals surface area contributed by atoms with Crippen LogP contribution in [0.1, 0.15) is 19.4 Å². The average molecular weight is 233 g/mol. The van der Waals surface area contributed by atoms with Gasteiger partial charge in [-0.1, -0.05) is 11.6 Å². The van der Waals surface area contributed by atoms with E-state index in [1.807, 2.05) is 18.0 Å². The fraction of sp³-hybridized carbons (Fsp3) is 0.500. The first-order chi connectivity index (χ1) is 6.56. The van der Waals surface area contributed by atoms with E-state index in [1.54, 1.807) is 6.20 Å². The van der Waals surface area contributed by atoms with Crippen LogP contribution >= 0.6 is 23.2 Å². The van der Waals surface area contributed by atoms with E-state index >= 15 is 0 Å². The number of rotatable bonds is 3. The summed E-state index contributed by atoms with van der Waals surface area (Å²) in [5, 5.41) is 0.652. The van der Waals surface area contributed by atoms with E-state index < -0.39 is 0 Å². The Hall–Kier alpha value is -0.470. The van der Waals surface area contributed by atoms with E-state index in [1.165, 1.54) is 0 Å². The highest BCUT2D eigenvalue weighted by Gasteiger charge is 2.10. The first-order valence-corrected chi connectivity index (χ1v) is 5.40. The Kier molecular flexibility index (Phi) is 4.02. The summed E-state index contributed by atoms with van der Waals surface area (Å²) < 4.78 is 0. The van der Waals surface area contributed by atoms with Crippen LogP contribution in [0.25, 0.3) is 0 Å². The van der Waals surface area contributed by atoms with Crippen LogP contribution in [0.2, 0.25) is 5.02 Å². The molecule has 14 heavy (non-hydrogen) atoms. The van der Waals surface area contributed by atoms with Crippen molar-refractivity contribution in [3.05, 3.63) is 22.8 Å². The van der Waals surface area contributed by atoms with Crippen molar-refractivity contribution in [3.63, 3.8) is 0 Å². The Morgan fingerprint density at radius 2 is 2.14 bits per heavy atom. The van der Waals surface area contributed by atoms with Gasteiger partial charge >= 0.3 is 0 Å². The second-order valence-corrected chi connectivity index (χ2v) is 4.16. The Bertz CT molecular complexity index is 313. The molecule has 0 saturated carbocycles. The molecule has 78 valence electrons. The third kappa shape index (κ3) is 2.52. The van der Waals surface area contributed by atoms with Gasteiger partial charge < -0.3 is 4.90 Å². The lowest BCUT2D eigenvalue weighted by Crippen LogP contribution is -2.26. The maximum absolute atomic E-state index is 6.08. The van der Waals surface area contributed by atoms with Crippen molar-refractivity contribution in [1.29, 1.82) is 0 Å². The lowest BCUT2D eigenvalue weighted by atomic mass is 10.3. The molecule has 0 aromatic carbocycles. The summed E-state index contributed by atoms with van der Waals surface area (Å²) in [6, 6.07) is 2.23. The van der Waals surface area contributed by atoms with Crippen molar-refractivity contribution in [2.45, 2.75) is 25.8 Å². The van der Waals surface area contributed by atoms with Gasteiger partial charge in [0.2, 0.25) is 0 Å². The number of hydrogen-bond acceptors (Lipinski definition) is 2. The van der Waals surface area contributed by atoms with Crippen molar-refractivity contribution in [3.8, 4) is 0 Å². The van der Waals surface area contributed by atoms with Gasteiger partial charge in [-0.3, -0.25) is 0 Å². The Morgan fingerprint density at radius 1 is 1.50 bits per heavy atom. The molecule has 0 amide bonds. The van der Waals surface area contributed by atoms with Crippen molar-refractivity contribution in [2.24, 2.45) is 0 Å². The molecule has 0 aliphatic heterocycles. The molecule has 1 aromatic heterocycles. The monoisotopic (exact) mass is 232 g/mol. The van der Waals surface area contributed by atoms with E-state index in [0.717, 1.165) is 11.4 Å². The van der Waals surface area contributed by atoms with E-state index in [0.29, 0.717) is 16.9 Å². The van der Waals surface area contributed by atoms with Crippen LogP contribution in [0, 0.1) is 0 Å². The second-order valence-electron chi connectivity index (χ2n) is 3.49. The topological polar surface area (TPSA) is 16.1 Å². The average Bonchev–Trinajstić information content (AvgIpc) is 2.16. The fourth-order valence-electron chi connectivity index (χ4n) is 1.05. The van der Waals surface area contributed by atoms with E-state index in [-0.39, 0.29) is 0 Å². The third-order valence-electron chi connectivity index (χ3n) is 2.14. The number of alkyl halides is 1. The highest BCUT2D eigenvalue weighted by molar-refractivity contribution is 6.33. The van der Waals surface area contributed by atoms with Gasteiger partial charge in [-0.2, -0.15) is 0 Å². The summed E-state index contributed by atoms with van der Waals surface area (Å²) in [6.45, 7) is 4.18. The zero-order valence-corrected chi connectivity index (χ0v) is 10.1. The summed E-state index contributed by atoms with van der Waals surface area (Å²) in [5.74, 6) is 1.24. The molecular formula is C10H14Cl2N2. The van der Waals surface area contributed by atoms with Gasteiger partial charge in [0, 0.05) is 25.2 Å². The fourth-order valence-corrected chi connectivity index (χ4v) is 1.52. The highest BCUT2D eigenvalue weighted by Crippen LogP contribution is 2.24. The van der Waals surface area contributed by atoms with Gasteiger partial charge in [0.15, 0.2) is 0 Å². The Balaban J connectivity index is 2.99. The first kappa shape index (κ1) is 11.6. The second kappa shape index (κ2) is 4.85. The summed E-state index contributed by atoms with van der Waals surface area (Å²) >= 11 is 11.8. The number of nitrogens with zero attached hydrogens (tertiary/aromatic N) is 2. The molecule has 0 N–H and O–H groups in total. The lowest BCUT2D eigenvalue weighted by molar-refractivity contribution is 0.743. The molecule has 0 radical (unpaired) electrons. The zero-order valence-electron chi connectivity index (χ0n) is 8.59. The van der Waals surface area contributed by atoms with Gasteiger partial charge in [-0.25, -0.2) is 4.98 Å². The largest absolute Gasteiger partial charge is 0.356 e. The highest BCUT2D eigenvalue weighted by atomic mass is 35.5. The van der Waals surface area contributed by atoms with Gasteiger partial charge in [0.05, 0.1) is 5.02 Å². The molecular weight excluding hydrogens is 219 g/mol. The quantitative estimate of drug-likeness (QED) is 0.744.